The van der Waals surface area contributed by atoms with Gasteiger partial charge in [-0.25, -0.2) is 0 Å². The number of phenolic OH excluding ortho intramolecular Hbond substituents is 1. The van der Waals surface area contributed by atoms with E-state index < -0.39 is 0 Å². The lowest BCUT2D eigenvalue weighted by molar-refractivity contribution is 0.0428. The third kappa shape index (κ3) is 2.12. The molecular weight excluding hydrogens is 224 g/mol. The van der Waals surface area contributed by atoms with Gasteiger partial charge < -0.3 is 9.84 Å². The normalized spacial score (nSPS) is 23.1. The number of hydrogen-bond donors (Lipinski definition) is 1. The summed E-state index contributed by atoms with van der Waals surface area (Å²) in [6.45, 7) is 0. The summed E-state index contributed by atoms with van der Waals surface area (Å²) in [5, 5.41) is 9.85. The van der Waals surface area contributed by atoms with Gasteiger partial charge in [0, 0.05) is 5.56 Å². The average Bonchev–Trinajstić information content (AvgIpc) is 2.90. The van der Waals surface area contributed by atoms with Gasteiger partial charge in [0.15, 0.2) is 0 Å². The molecule has 0 bridgehead atoms. The van der Waals surface area contributed by atoms with Crippen molar-refractivity contribution in [2.75, 3.05) is 0 Å². The number of para-hydroxylation sites is 1. The van der Waals surface area contributed by atoms with E-state index in [1.807, 2.05) is 36.4 Å². The Hall–Kier alpha value is -1.80. The Morgan fingerprint density at radius 1 is 0.833 bits per heavy atom. The number of rotatable bonds is 2. The molecule has 2 nitrogen and oxygen atoms in total. The molecular formula is C16H16O2. The Labute approximate surface area is 107 Å². The largest absolute Gasteiger partial charge is 0.508 e. The molecule has 1 fully saturated rings. The molecule has 0 saturated carbocycles. The van der Waals surface area contributed by atoms with Crippen LogP contribution in [0.15, 0.2) is 54.6 Å². The Bertz CT molecular complexity index is 522. The van der Waals surface area contributed by atoms with E-state index in [4.69, 9.17) is 4.74 Å². The molecule has 0 aromatic heterocycles. The summed E-state index contributed by atoms with van der Waals surface area (Å²) in [5.74, 6) is 0.330. The second-order valence-corrected chi connectivity index (χ2v) is 4.66. The lowest BCUT2D eigenvalue weighted by Crippen LogP contribution is -1.99. The topological polar surface area (TPSA) is 29.5 Å². The molecule has 1 N–H and O–H groups in total. The van der Waals surface area contributed by atoms with Gasteiger partial charge in [0.1, 0.15) is 5.75 Å². The first-order chi connectivity index (χ1) is 8.84. The molecule has 1 heterocycles. The molecule has 1 saturated heterocycles. The Morgan fingerprint density at radius 3 is 2.28 bits per heavy atom. The van der Waals surface area contributed by atoms with Gasteiger partial charge in [0.25, 0.3) is 0 Å². The van der Waals surface area contributed by atoms with E-state index in [2.05, 4.69) is 12.1 Å². The van der Waals surface area contributed by atoms with Crippen molar-refractivity contribution in [2.45, 2.75) is 25.0 Å². The van der Waals surface area contributed by atoms with Gasteiger partial charge in [-0.3, -0.25) is 0 Å². The summed E-state index contributed by atoms with van der Waals surface area (Å²) in [6.07, 6.45) is 2.12. The van der Waals surface area contributed by atoms with E-state index in [9.17, 15) is 5.11 Å². The van der Waals surface area contributed by atoms with Gasteiger partial charge >= 0.3 is 0 Å². The molecule has 2 unspecified atom stereocenters. The van der Waals surface area contributed by atoms with Crippen molar-refractivity contribution in [1.29, 1.82) is 0 Å². The van der Waals surface area contributed by atoms with Crippen molar-refractivity contribution in [3.05, 3.63) is 65.7 Å². The molecule has 3 rings (SSSR count). The maximum absolute atomic E-state index is 9.85. The summed E-state index contributed by atoms with van der Waals surface area (Å²) in [4.78, 5) is 0. The molecule has 2 aromatic carbocycles. The highest BCUT2D eigenvalue weighted by molar-refractivity contribution is 5.34. The predicted octanol–water partition coefficient (Wildman–Crippen LogP) is 3.99. The van der Waals surface area contributed by atoms with Crippen LogP contribution in [0.1, 0.15) is 36.2 Å². The average molecular weight is 240 g/mol. The van der Waals surface area contributed by atoms with Gasteiger partial charge in [-0.1, -0.05) is 48.5 Å². The molecule has 1 aliphatic heterocycles. The number of phenols is 1. The first-order valence-electron chi connectivity index (χ1n) is 6.33. The van der Waals surface area contributed by atoms with Crippen LogP contribution in [0.25, 0.3) is 0 Å². The first-order valence-corrected chi connectivity index (χ1v) is 6.33. The Balaban J connectivity index is 1.78. The van der Waals surface area contributed by atoms with Gasteiger partial charge in [-0.15, -0.1) is 0 Å². The van der Waals surface area contributed by atoms with Crippen molar-refractivity contribution in [2.24, 2.45) is 0 Å². The standard InChI is InChI=1S/C16H16O2/c17-14-9-5-4-8-13(14)16-11-10-15(18-16)12-6-2-1-3-7-12/h1-9,15-17H,10-11H2. The minimum atomic E-state index is 0.0106. The van der Waals surface area contributed by atoms with E-state index in [0.29, 0.717) is 5.75 Å². The van der Waals surface area contributed by atoms with Crippen LogP contribution >= 0.6 is 0 Å². The summed E-state index contributed by atoms with van der Waals surface area (Å²) in [7, 11) is 0. The van der Waals surface area contributed by atoms with Crippen LogP contribution < -0.4 is 0 Å². The maximum Gasteiger partial charge on any atom is 0.121 e. The lowest BCUT2D eigenvalue weighted by atomic mass is 10.0. The molecule has 2 heteroatoms. The number of ether oxygens (including phenoxy) is 1. The molecule has 0 radical (unpaired) electrons. The fourth-order valence-corrected chi connectivity index (χ4v) is 2.54. The SMILES string of the molecule is Oc1ccccc1C1CCC(c2ccccc2)O1. The molecule has 92 valence electrons. The van der Waals surface area contributed by atoms with E-state index in [1.165, 1.54) is 5.56 Å². The van der Waals surface area contributed by atoms with Crippen molar-refractivity contribution in [3.8, 4) is 5.75 Å². The second kappa shape index (κ2) is 4.83. The molecule has 0 amide bonds. The minimum Gasteiger partial charge on any atom is -0.508 e. The fraction of sp³-hybridized carbons (Fsp3) is 0.250. The van der Waals surface area contributed by atoms with Crippen LogP contribution in [0.5, 0.6) is 5.75 Å². The smallest absolute Gasteiger partial charge is 0.121 e. The molecule has 1 aliphatic rings. The van der Waals surface area contributed by atoms with Crippen LogP contribution in [0.3, 0.4) is 0 Å². The second-order valence-electron chi connectivity index (χ2n) is 4.66. The Morgan fingerprint density at radius 2 is 1.50 bits per heavy atom. The quantitative estimate of drug-likeness (QED) is 0.860. The van der Waals surface area contributed by atoms with E-state index in [0.717, 1.165) is 18.4 Å². The van der Waals surface area contributed by atoms with Crippen LogP contribution in [-0.4, -0.2) is 5.11 Å². The number of hydrogen-bond acceptors (Lipinski definition) is 2. The Kier molecular flexibility index (Phi) is 3.03. The van der Waals surface area contributed by atoms with Gasteiger partial charge in [-0.05, 0) is 24.5 Å². The highest BCUT2D eigenvalue weighted by Gasteiger charge is 2.28. The zero-order chi connectivity index (χ0) is 12.4. The van der Waals surface area contributed by atoms with Crippen LogP contribution in [0.2, 0.25) is 0 Å². The zero-order valence-electron chi connectivity index (χ0n) is 10.1. The highest BCUT2D eigenvalue weighted by atomic mass is 16.5. The lowest BCUT2D eigenvalue weighted by Gasteiger charge is -2.15. The third-order valence-corrected chi connectivity index (χ3v) is 3.47. The maximum atomic E-state index is 9.85. The van der Waals surface area contributed by atoms with Gasteiger partial charge in [0.05, 0.1) is 12.2 Å². The van der Waals surface area contributed by atoms with Gasteiger partial charge in [0.2, 0.25) is 0 Å². The highest BCUT2D eigenvalue weighted by Crippen LogP contribution is 2.42. The molecule has 0 spiro atoms. The monoisotopic (exact) mass is 240 g/mol. The van der Waals surface area contributed by atoms with Crippen molar-refractivity contribution in [3.63, 3.8) is 0 Å². The zero-order valence-corrected chi connectivity index (χ0v) is 10.1. The summed E-state index contributed by atoms with van der Waals surface area (Å²) in [5.41, 5.74) is 2.12. The van der Waals surface area contributed by atoms with Crippen molar-refractivity contribution in [1.82, 2.24) is 0 Å². The van der Waals surface area contributed by atoms with Gasteiger partial charge in [-0.2, -0.15) is 0 Å². The number of aromatic hydroxyl groups is 1. The number of benzene rings is 2. The van der Waals surface area contributed by atoms with E-state index in [1.54, 1.807) is 6.07 Å². The predicted molar refractivity (Wildman–Crippen MR) is 70.3 cm³/mol. The van der Waals surface area contributed by atoms with E-state index >= 15 is 0 Å². The molecule has 2 aromatic rings. The van der Waals surface area contributed by atoms with Crippen LogP contribution in [0.4, 0.5) is 0 Å². The summed E-state index contributed by atoms with van der Waals surface area (Å²) in [6, 6.07) is 17.7. The van der Waals surface area contributed by atoms with Crippen molar-refractivity contribution >= 4 is 0 Å². The third-order valence-electron chi connectivity index (χ3n) is 3.47. The molecule has 2 atom stereocenters. The fourth-order valence-electron chi connectivity index (χ4n) is 2.54. The van der Waals surface area contributed by atoms with Crippen molar-refractivity contribution < 1.29 is 9.84 Å². The van der Waals surface area contributed by atoms with Crippen LogP contribution in [-0.2, 0) is 4.74 Å². The van der Waals surface area contributed by atoms with E-state index in [-0.39, 0.29) is 12.2 Å². The summed E-state index contributed by atoms with van der Waals surface area (Å²) < 4.78 is 6.05. The molecule has 18 heavy (non-hydrogen) atoms. The van der Waals surface area contributed by atoms with Crippen LogP contribution in [0, 0.1) is 0 Å². The summed E-state index contributed by atoms with van der Waals surface area (Å²) >= 11 is 0. The molecule has 0 aliphatic carbocycles. The minimum absolute atomic E-state index is 0.0106. The first kappa shape index (κ1) is 11.3.